The molecule has 4 nitrogen and oxygen atoms in total. The van der Waals surface area contributed by atoms with Gasteiger partial charge in [0.05, 0.1) is 6.61 Å². The molecular weight excluding hydrogens is 713 g/mol. The fourth-order valence-electron chi connectivity index (χ4n) is 8.67. The first kappa shape index (κ1) is 56.9. The normalized spacial score (nSPS) is 12.6. The van der Waals surface area contributed by atoms with Crippen molar-refractivity contribution in [3.63, 3.8) is 0 Å². The van der Waals surface area contributed by atoms with E-state index in [0.717, 1.165) is 44.9 Å². The van der Waals surface area contributed by atoms with Crippen LogP contribution in [0.1, 0.15) is 317 Å². The Hall–Kier alpha value is -1.06. The minimum atomic E-state index is 0.0224. The van der Waals surface area contributed by atoms with Crippen molar-refractivity contribution in [2.45, 2.75) is 323 Å². The first-order chi connectivity index (χ1) is 28.6. The third-order valence-corrected chi connectivity index (χ3v) is 12.7. The fraction of sp³-hybridized carbons (Fsp3) is 0.963. The van der Waals surface area contributed by atoms with Crippen LogP contribution in [0.15, 0.2) is 0 Å². The summed E-state index contributed by atoms with van der Waals surface area (Å²) in [6.07, 6.45) is 56.4. The largest absolute Gasteiger partial charge is 0.465 e. The molecule has 346 valence electrons. The zero-order chi connectivity index (χ0) is 42.3. The molecule has 0 aromatic carbocycles. The predicted molar refractivity (Wildman–Crippen MR) is 255 cm³/mol. The van der Waals surface area contributed by atoms with E-state index in [1.807, 2.05) is 0 Å². The van der Waals surface area contributed by atoms with Crippen LogP contribution in [0.2, 0.25) is 0 Å². The molecule has 0 aliphatic rings. The van der Waals surface area contributed by atoms with Gasteiger partial charge in [0.15, 0.2) is 0 Å². The maximum absolute atomic E-state index is 12.7. The van der Waals surface area contributed by atoms with Crippen molar-refractivity contribution in [2.75, 3.05) is 6.61 Å². The van der Waals surface area contributed by atoms with E-state index in [9.17, 15) is 9.59 Å². The van der Waals surface area contributed by atoms with Gasteiger partial charge in [-0.1, -0.05) is 252 Å². The molecule has 4 heteroatoms. The van der Waals surface area contributed by atoms with Gasteiger partial charge in [0.2, 0.25) is 0 Å². The smallest absolute Gasteiger partial charge is 0.306 e. The molecule has 0 amide bonds. The lowest BCUT2D eigenvalue weighted by molar-refractivity contribution is -0.150. The summed E-state index contributed by atoms with van der Waals surface area (Å²) in [4.78, 5) is 25.3. The van der Waals surface area contributed by atoms with Crippen LogP contribution >= 0.6 is 0 Å². The first-order valence-corrected chi connectivity index (χ1v) is 26.9. The van der Waals surface area contributed by atoms with Gasteiger partial charge in [-0.2, -0.15) is 0 Å². The lowest BCUT2D eigenvalue weighted by atomic mass is 9.95. The van der Waals surface area contributed by atoms with E-state index >= 15 is 0 Å². The number of ether oxygens (including phenoxy) is 2. The minimum absolute atomic E-state index is 0.0224. The Morgan fingerprint density at radius 3 is 0.914 bits per heavy atom. The Balaban J connectivity index is 4.02. The van der Waals surface area contributed by atoms with Crippen molar-refractivity contribution in [1.82, 2.24) is 0 Å². The van der Waals surface area contributed by atoms with Crippen LogP contribution in [0.4, 0.5) is 0 Å². The second kappa shape index (κ2) is 48.6. The number of hydrogen-bond acceptors (Lipinski definition) is 4. The highest BCUT2D eigenvalue weighted by atomic mass is 16.5. The quantitative estimate of drug-likeness (QED) is 0.0453. The van der Waals surface area contributed by atoms with E-state index in [2.05, 4.69) is 27.7 Å². The highest BCUT2D eigenvalue weighted by Crippen LogP contribution is 2.22. The summed E-state index contributed by atoms with van der Waals surface area (Å²) in [5.74, 6) is 0.613. The van der Waals surface area contributed by atoms with Gasteiger partial charge >= 0.3 is 11.9 Å². The molecule has 0 aliphatic heterocycles. The summed E-state index contributed by atoms with van der Waals surface area (Å²) in [5, 5.41) is 0. The van der Waals surface area contributed by atoms with Crippen molar-refractivity contribution in [3.05, 3.63) is 0 Å². The predicted octanol–water partition coefficient (Wildman–Crippen LogP) is 18.7. The number of esters is 2. The molecule has 0 aromatic rings. The molecule has 0 saturated heterocycles. The van der Waals surface area contributed by atoms with Gasteiger partial charge in [-0.05, 0) is 57.3 Å². The Labute approximate surface area is 365 Å². The van der Waals surface area contributed by atoms with E-state index in [1.165, 1.54) is 231 Å². The van der Waals surface area contributed by atoms with Gasteiger partial charge in [-0.3, -0.25) is 9.59 Å². The molecule has 2 atom stereocenters. The number of unbranched alkanes of at least 4 members (excludes halogenated alkanes) is 34. The second-order valence-corrected chi connectivity index (χ2v) is 18.7. The van der Waals surface area contributed by atoms with Gasteiger partial charge in [0.25, 0.3) is 0 Å². The summed E-state index contributed by atoms with van der Waals surface area (Å²) in [5.41, 5.74) is 0. The molecule has 0 radical (unpaired) electrons. The third-order valence-electron chi connectivity index (χ3n) is 12.7. The molecule has 0 rings (SSSR count). The van der Waals surface area contributed by atoms with Gasteiger partial charge in [-0.25, -0.2) is 0 Å². The van der Waals surface area contributed by atoms with Crippen LogP contribution in [-0.2, 0) is 19.1 Å². The molecule has 2 unspecified atom stereocenters. The third kappa shape index (κ3) is 44.5. The summed E-state index contributed by atoms with van der Waals surface area (Å²) in [7, 11) is 0. The SMILES string of the molecule is CCCCCCCCCCCCCCCCCC(=O)OC(CCCCCC)CCCCCCCCCCC(=O)OCC(CCCCCC)CCCCCCCCCC. The minimum Gasteiger partial charge on any atom is -0.465 e. The average molecular weight is 819 g/mol. The van der Waals surface area contributed by atoms with Crippen LogP contribution < -0.4 is 0 Å². The molecule has 0 aliphatic carbocycles. The molecule has 0 fully saturated rings. The van der Waals surface area contributed by atoms with Gasteiger partial charge in [0.1, 0.15) is 6.10 Å². The van der Waals surface area contributed by atoms with Crippen molar-refractivity contribution < 1.29 is 19.1 Å². The number of rotatable bonds is 49. The highest BCUT2D eigenvalue weighted by Gasteiger charge is 2.15. The zero-order valence-electron chi connectivity index (χ0n) is 40.3. The maximum atomic E-state index is 12.7. The standard InChI is InChI=1S/C54H106O4/c1-5-9-13-17-19-21-22-23-24-25-26-27-33-37-43-49-54(56)58-52(46-40-16-12-8-4)47-41-35-31-28-29-32-36-42-48-53(55)57-50-51(44-38-15-11-7-3)45-39-34-30-20-18-14-10-6-2/h51-52H,5-50H2,1-4H3. The molecule has 0 saturated carbocycles. The topological polar surface area (TPSA) is 52.6 Å². The second-order valence-electron chi connectivity index (χ2n) is 18.7. The van der Waals surface area contributed by atoms with Crippen molar-refractivity contribution in [2.24, 2.45) is 5.92 Å². The molecule has 0 bridgehead atoms. The van der Waals surface area contributed by atoms with E-state index < -0.39 is 0 Å². The van der Waals surface area contributed by atoms with Crippen molar-refractivity contribution in [1.29, 1.82) is 0 Å². The van der Waals surface area contributed by atoms with Crippen LogP contribution in [0, 0.1) is 5.92 Å². The van der Waals surface area contributed by atoms with Crippen LogP contribution in [0.3, 0.4) is 0 Å². The van der Waals surface area contributed by atoms with E-state index in [1.54, 1.807) is 0 Å². The monoisotopic (exact) mass is 819 g/mol. The molecule has 0 N–H and O–H groups in total. The van der Waals surface area contributed by atoms with Crippen molar-refractivity contribution >= 4 is 11.9 Å². The lowest BCUT2D eigenvalue weighted by Gasteiger charge is -2.18. The van der Waals surface area contributed by atoms with Gasteiger partial charge in [0, 0.05) is 12.8 Å². The molecule has 58 heavy (non-hydrogen) atoms. The summed E-state index contributed by atoms with van der Waals surface area (Å²) in [6, 6.07) is 0. The Morgan fingerprint density at radius 2 is 0.569 bits per heavy atom. The molecule has 0 aromatic heterocycles. The number of carbonyl (C=O) groups is 2. The summed E-state index contributed by atoms with van der Waals surface area (Å²) >= 11 is 0. The Morgan fingerprint density at radius 1 is 0.310 bits per heavy atom. The first-order valence-electron chi connectivity index (χ1n) is 26.9. The summed E-state index contributed by atoms with van der Waals surface area (Å²) < 4.78 is 11.9. The van der Waals surface area contributed by atoms with E-state index in [-0.39, 0.29) is 18.0 Å². The van der Waals surface area contributed by atoms with Crippen LogP contribution in [0.5, 0.6) is 0 Å². The number of carbonyl (C=O) groups excluding carboxylic acids is 2. The summed E-state index contributed by atoms with van der Waals surface area (Å²) in [6.45, 7) is 9.75. The van der Waals surface area contributed by atoms with Gasteiger partial charge < -0.3 is 9.47 Å². The molecule has 0 heterocycles. The Bertz CT molecular complexity index is 811. The lowest BCUT2D eigenvalue weighted by Crippen LogP contribution is -2.18. The fourth-order valence-corrected chi connectivity index (χ4v) is 8.67. The number of hydrogen-bond donors (Lipinski definition) is 0. The van der Waals surface area contributed by atoms with E-state index in [4.69, 9.17) is 9.47 Å². The van der Waals surface area contributed by atoms with Crippen LogP contribution in [-0.4, -0.2) is 24.6 Å². The highest BCUT2D eigenvalue weighted by molar-refractivity contribution is 5.69. The zero-order valence-corrected chi connectivity index (χ0v) is 40.3. The van der Waals surface area contributed by atoms with E-state index in [0.29, 0.717) is 25.4 Å². The maximum Gasteiger partial charge on any atom is 0.306 e. The van der Waals surface area contributed by atoms with Crippen molar-refractivity contribution in [3.8, 4) is 0 Å². The molecule has 0 spiro atoms. The average Bonchev–Trinajstić information content (AvgIpc) is 3.22. The van der Waals surface area contributed by atoms with Crippen LogP contribution in [0.25, 0.3) is 0 Å². The Kier molecular flexibility index (Phi) is 47.7. The van der Waals surface area contributed by atoms with Gasteiger partial charge in [-0.15, -0.1) is 0 Å². The molecular formula is C54H106O4.